The molecule has 0 aliphatic heterocycles. The van der Waals surface area contributed by atoms with E-state index in [9.17, 15) is 0 Å². The molecular formula is C24H45N3O3S3. The van der Waals surface area contributed by atoms with Gasteiger partial charge in [-0.3, -0.25) is 0 Å². The fourth-order valence-electron chi connectivity index (χ4n) is 2.44. The summed E-state index contributed by atoms with van der Waals surface area (Å²) in [6, 6.07) is 0.853. The van der Waals surface area contributed by atoms with Gasteiger partial charge in [-0.15, -0.1) is 15.0 Å². The smallest absolute Gasteiger partial charge is 0.325 e. The average Bonchev–Trinajstić information content (AvgIpc) is 2.75. The van der Waals surface area contributed by atoms with Crippen molar-refractivity contribution in [3.8, 4) is 18.0 Å². The van der Waals surface area contributed by atoms with Crippen molar-refractivity contribution in [1.29, 1.82) is 0 Å². The lowest BCUT2D eigenvalue weighted by Gasteiger charge is -2.10. The summed E-state index contributed by atoms with van der Waals surface area (Å²) >= 11 is 5.86. The maximum absolute atomic E-state index is 5.79. The number of rotatable bonds is 21. The molecule has 192 valence electrons. The molecule has 0 atom stereocenters. The minimum Gasteiger partial charge on any atom is -0.463 e. The molecule has 0 saturated heterocycles. The highest BCUT2D eigenvalue weighted by molar-refractivity contribution is 7.99. The van der Waals surface area contributed by atoms with E-state index in [1.54, 1.807) is 0 Å². The fraction of sp³-hybridized carbons (Fsp3) is 0.875. The van der Waals surface area contributed by atoms with Gasteiger partial charge in [0.2, 0.25) is 0 Å². The van der Waals surface area contributed by atoms with Crippen LogP contribution in [-0.2, 0) is 0 Å². The van der Waals surface area contributed by atoms with Crippen LogP contribution in [0.1, 0.15) is 60.8 Å². The van der Waals surface area contributed by atoms with Gasteiger partial charge in [-0.25, -0.2) is 0 Å². The molecule has 0 amide bonds. The van der Waals surface area contributed by atoms with E-state index in [2.05, 4.69) is 56.5 Å². The number of hydrogen-bond acceptors (Lipinski definition) is 9. The number of nitrogens with zero attached hydrogens (tertiary/aromatic N) is 3. The Bertz CT molecular complexity index is 514. The molecule has 9 heteroatoms. The lowest BCUT2D eigenvalue weighted by molar-refractivity contribution is 0.236. The zero-order valence-electron chi connectivity index (χ0n) is 21.5. The predicted molar refractivity (Wildman–Crippen MR) is 147 cm³/mol. The van der Waals surface area contributed by atoms with Crippen LogP contribution in [0.5, 0.6) is 18.0 Å². The number of hydrogen-bond donors (Lipinski definition) is 0. The molecule has 0 fully saturated rings. The molecule has 0 aromatic carbocycles. The quantitative estimate of drug-likeness (QED) is 0.173. The Kier molecular flexibility index (Phi) is 18.2. The van der Waals surface area contributed by atoms with Crippen LogP contribution in [0.2, 0.25) is 0 Å². The molecule has 1 rings (SSSR count). The zero-order chi connectivity index (χ0) is 24.3. The van der Waals surface area contributed by atoms with Gasteiger partial charge in [0.1, 0.15) is 0 Å². The summed E-state index contributed by atoms with van der Waals surface area (Å²) in [6.45, 7) is 15.2. The van der Waals surface area contributed by atoms with Crippen LogP contribution in [0.15, 0.2) is 0 Å². The van der Waals surface area contributed by atoms with Crippen molar-refractivity contribution in [2.45, 2.75) is 60.8 Å². The first kappa shape index (κ1) is 30.5. The first-order valence-corrected chi connectivity index (χ1v) is 15.7. The fourth-order valence-corrected chi connectivity index (χ4v) is 5.32. The molecule has 0 unspecified atom stereocenters. The van der Waals surface area contributed by atoms with Gasteiger partial charge in [-0.1, -0.05) is 41.5 Å². The molecule has 0 bridgehead atoms. The van der Waals surface area contributed by atoms with Gasteiger partial charge in [0.15, 0.2) is 0 Å². The molecule has 0 aliphatic rings. The molecular weight excluding hydrogens is 474 g/mol. The van der Waals surface area contributed by atoms with Gasteiger partial charge < -0.3 is 14.2 Å². The largest absolute Gasteiger partial charge is 0.463 e. The Hall–Kier alpha value is -0.540. The van der Waals surface area contributed by atoms with E-state index in [0.717, 1.165) is 36.5 Å². The van der Waals surface area contributed by atoms with Crippen LogP contribution >= 0.6 is 35.3 Å². The third-order valence-electron chi connectivity index (χ3n) is 3.92. The summed E-state index contributed by atoms with van der Waals surface area (Å²) in [4.78, 5) is 13.0. The maximum Gasteiger partial charge on any atom is 0.325 e. The van der Waals surface area contributed by atoms with E-state index in [1.807, 2.05) is 35.3 Å². The first-order valence-electron chi connectivity index (χ1n) is 12.2. The third kappa shape index (κ3) is 18.5. The Balaban J connectivity index is 2.48. The Morgan fingerprint density at radius 1 is 0.515 bits per heavy atom. The van der Waals surface area contributed by atoms with Gasteiger partial charge in [0.05, 0.1) is 19.8 Å². The first-order chi connectivity index (χ1) is 15.9. The summed E-state index contributed by atoms with van der Waals surface area (Å²) in [5.74, 6) is 8.87. The summed E-state index contributed by atoms with van der Waals surface area (Å²) in [5.41, 5.74) is 0. The van der Waals surface area contributed by atoms with Crippen molar-refractivity contribution in [2.24, 2.45) is 17.8 Å². The van der Waals surface area contributed by atoms with Crippen LogP contribution in [-0.4, -0.2) is 69.3 Å². The van der Waals surface area contributed by atoms with Gasteiger partial charge in [-0.05, 0) is 71.5 Å². The molecule has 1 aromatic heterocycles. The maximum atomic E-state index is 5.79. The van der Waals surface area contributed by atoms with Gasteiger partial charge >= 0.3 is 18.0 Å². The highest BCUT2D eigenvalue weighted by Crippen LogP contribution is 2.17. The molecule has 0 radical (unpaired) electrons. The lowest BCUT2D eigenvalue weighted by Crippen LogP contribution is -2.10. The Morgan fingerprint density at radius 3 is 1.03 bits per heavy atom. The van der Waals surface area contributed by atoms with Crippen LogP contribution < -0.4 is 14.2 Å². The zero-order valence-corrected chi connectivity index (χ0v) is 24.0. The van der Waals surface area contributed by atoms with E-state index < -0.39 is 0 Å². The van der Waals surface area contributed by atoms with E-state index in [4.69, 9.17) is 14.2 Å². The normalized spacial score (nSPS) is 11.5. The van der Waals surface area contributed by atoms with Crippen molar-refractivity contribution in [2.75, 3.05) is 54.3 Å². The molecule has 33 heavy (non-hydrogen) atoms. The summed E-state index contributed by atoms with van der Waals surface area (Å²) in [7, 11) is 0. The second kappa shape index (κ2) is 19.7. The second-order valence-corrected chi connectivity index (χ2v) is 12.6. The summed E-state index contributed by atoms with van der Waals surface area (Å²) in [5, 5.41) is 0. The highest BCUT2D eigenvalue weighted by atomic mass is 32.2. The van der Waals surface area contributed by atoms with Crippen molar-refractivity contribution in [3.05, 3.63) is 0 Å². The number of thioether (sulfide) groups is 3. The van der Waals surface area contributed by atoms with Crippen molar-refractivity contribution < 1.29 is 14.2 Å². The topological polar surface area (TPSA) is 66.4 Å². The average molecular weight is 520 g/mol. The molecule has 1 aromatic rings. The van der Waals surface area contributed by atoms with E-state index in [0.29, 0.717) is 37.6 Å². The van der Waals surface area contributed by atoms with Crippen LogP contribution in [0.3, 0.4) is 0 Å². The minimum absolute atomic E-state index is 0.284. The molecule has 6 nitrogen and oxygen atoms in total. The van der Waals surface area contributed by atoms with Crippen LogP contribution in [0.4, 0.5) is 0 Å². The summed E-state index contributed by atoms with van der Waals surface area (Å²) < 4.78 is 17.4. The Labute approximate surface area is 214 Å². The predicted octanol–water partition coefficient (Wildman–Crippen LogP) is 6.35. The van der Waals surface area contributed by atoms with Crippen LogP contribution in [0, 0.1) is 17.8 Å². The molecule has 0 N–H and O–H groups in total. The van der Waals surface area contributed by atoms with E-state index in [-0.39, 0.29) is 18.0 Å². The molecule has 0 aliphatic carbocycles. The van der Waals surface area contributed by atoms with Crippen molar-refractivity contribution in [1.82, 2.24) is 15.0 Å². The van der Waals surface area contributed by atoms with Gasteiger partial charge in [0.25, 0.3) is 0 Å². The van der Waals surface area contributed by atoms with E-state index >= 15 is 0 Å². The van der Waals surface area contributed by atoms with Gasteiger partial charge in [-0.2, -0.15) is 35.3 Å². The van der Waals surface area contributed by atoms with E-state index in [1.165, 1.54) is 17.3 Å². The molecule has 0 spiro atoms. The van der Waals surface area contributed by atoms with Gasteiger partial charge in [0, 0.05) is 0 Å². The minimum atomic E-state index is 0.284. The third-order valence-corrected chi connectivity index (χ3v) is 8.36. The second-order valence-electron chi connectivity index (χ2n) is 9.20. The summed E-state index contributed by atoms with van der Waals surface area (Å²) in [6.07, 6.45) is 2.86. The molecule has 1 heterocycles. The lowest BCUT2D eigenvalue weighted by atomic mass is 10.3. The van der Waals surface area contributed by atoms with Crippen molar-refractivity contribution in [3.63, 3.8) is 0 Å². The van der Waals surface area contributed by atoms with Crippen LogP contribution in [0.25, 0.3) is 0 Å². The monoisotopic (exact) mass is 519 g/mol. The number of aromatic nitrogens is 3. The highest BCUT2D eigenvalue weighted by Gasteiger charge is 2.10. The Morgan fingerprint density at radius 2 is 0.788 bits per heavy atom. The SMILES string of the molecule is CC(C)CSCCCOc1nc(OCCCSCC(C)C)nc(OCCCSCC(C)C)n1. The molecule has 0 saturated carbocycles. The standard InChI is InChI=1S/C24H45N3O3S3/c1-19(2)16-31-13-7-10-28-22-25-23(29-11-8-14-32-17-20(3)4)27-24(26-22)30-12-9-15-33-18-21(5)6/h19-21H,7-18H2,1-6H3. The number of ether oxygens (including phenoxy) is 3. The van der Waals surface area contributed by atoms with Crippen molar-refractivity contribution >= 4 is 35.3 Å².